The van der Waals surface area contributed by atoms with E-state index in [0.717, 1.165) is 12.1 Å². The van der Waals surface area contributed by atoms with Gasteiger partial charge in [0.05, 0.1) is 0 Å². The average molecular weight is 262 g/mol. The van der Waals surface area contributed by atoms with Gasteiger partial charge in [-0.1, -0.05) is 26.0 Å². The molecule has 19 heavy (non-hydrogen) atoms. The van der Waals surface area contributed by atoms with Gasteiger partial charge in [0.25, 0.3) is 0 Å². The summed E-state index contributed by atoms with van der Waals surface area (Å²) in [5.74, 6) is -0.781. The third-order valence-corrected chi connectivity index (χ3v) is 3.16. The topological polar surface area (TPSA) is 69.2 Å². The maximum atomic E-state index is 11.5. The highest BCUT2D eigenvalue weighted by Crippen LogP contribution is 2.20. The Hall–Kier alpha value is -1.84. The number of carboxylic acid groups (broad SMARTS) is 1. The van der Waals surface area contributed by atoms with Gasteiger partial charge in [-0.05, 0) is 42.9 Å². The molecule has 4 heteroatoms. The van der Waals surface area contributed by atoms with Crippen LogP contribution in [0.25, 0.3) is 0 Å². The second kappa shape index (κ2) is 7.56. The highest BCUT2D eigenvalue weighted by atomic mass is 16.4. The van der Waals surface area contributed by atoms with E-state index < -0.39 is 5.97 Å². The van der Waals surface area contributed by atoms with Gasteiger partial charge in [-0.15, -0.1) is 0 Å². The van der Waals surface area contributed by atoms with Crippen LogP contribution in [0.1, 0.15) is 51.0 Å². The Morgan fingerprint density at radius 3 is 2.37 bits per heavy atom. The Kier molecular flexibility index (Phi) is 6.06. The van der Waals surface area contributed by atoms with Gasteiger partial charge in [-0.2, -0.15) is 0 Å². The lowest BCUT2D eigenvalue weighted by Crippen LogP contribution is -2.22. The van der Waals surface area contributed by atoms with E-state index in [1.54, 1.807) is 0 Å². The van der Waals surface area contributed by atoms with Crippen LogP contribution in [0, 0.1) is 0 Å². The smallest absolute Gasteiger partial charge is 0.224 e. The van der Waals surface area contributed by atoms with Crippen molar-refractivity contribution in [3.63, 3.8) is 0 Å². The maximum absolute atomic E-state index is 11.5. The molecule has 1 aromatic carbocycles. The number of hydrogen-bond acceptors (Lipinski definition) is 3. The third kappa shape index (κ3) is 5.55. The average Bonchev–Trinajstić information content (AvgIpc) is 2.38. The summed E-state index contributed by atoms with van der Waals surface area (Å²) in [5.41, 5.74) is 1.99. The molecule has 0 fully saturated rings. The monoisotopic (exact) mass is 262 g/mol. The van der Waals surface area contributed by atoms with Crippen LogP contribution in [0.15, 0.2) is 24.3 Å². The molecule has 0 unspecified atom stereocenters. The molecule has 0 aromatic heterocycles. The zero-order valence-corrected chi connectivity index (χ0v) is 11.4. The number of hydrogen-bond donors (Lipinski definition) is 1. The van der Waals surface area contributed by atoms with Gasteiger partial charge in [0.2, 0.25) is 5.91 Å². The van der Waals surface area contributed by atoms with Gasteiger partial charge in [-0.3, -0.25) is 4.79 Å². The molecule has 0 saturated heterocycles. The summed E-state index contributed by atoms with van der Waals surface area (Å²) in [5, 5.41) is 13.0. The van der Waals surface area contributed by atoms with Crippen LogP contribution in [-0.2, 0) is 9.59 Å². The molecule has 1 aromatic rings. The molecule has 0 radical (unpaired) electrons. The number of benzene rings is 1. The van der Waals surface area contributed by atoms with Crippen molar-refractivity contribution in [2.24, 2.45) is 0 Å². The minimum Gasteiger partial charge on any atom is -0.550 e. The standard InChI is InChI=1S/C15H21NO3/c1-3-11(2)12-7-9-13(10-8-12)16-14(17)5-4-6-15(18)19/h7-11H,3-6H2,1-2H3,(H,16,17)(H,18,19)/p-1/t11-/m1/s1. The van der Waals surface area contributed by atoms with E-state index in [0.29, 0.717) is 12.3 Å². The predicted octanol–water partition coefficient (Wildman–Crippen LogP) is 2.06. The first kappa shape index (κ1) is 15.2. The first-order chi connectivity index (χ1) is 9.02. The molecule has 1 rings (SSSR count). The van der Waals surface area contributed by atoms with Crippen LogP contribution in [0.3, 0.4) is 0 Å². The SMILES string of the molecule is CC[C@@H](C)c1ccc(NC(=O)CCCC(=O)[O-])cc1. The summed E-state index contributed by atoms with van der Waals surface area (Å²) >= 11 is 0. The van der Waals surface area contributed by atoms with E-state index in [2.05, 4.69) is 19.2 Å². The molecule has 4 nitrogen and oxygen atoms in total. The molecule has 0 heterocycles. The fraction of sp³-hybridized carbons (Fsp3) is 0.467. The largest absolute Gasteiger partial charge is 0.550 e. The molecule has 1 atom stereocenters. The van der Waals surface area contributed by atoms with E-state index in [4.69, 9.17) is 0 Å². The fourth-order valence-electron chi connectivity index (χ4n) is 1.75. The maximum Gasteiger partial charge on any atom is 0.224 e. The molecule has 0 spiro atoms. The van der Waals surface area contributed by atoms with Gasteiger partial charge in [0.1, 0.15) is 0 Å². The first-order valence-corrected chi connectivity index (χ1v) is 6.62. The van der Waals surface area contributed by atoms with Crippen LogP contribution in [0.5, 0.6) is 0 Å². The molecule has 104 valence electrons. The molecule has 0 bridgehead atoms. The van der Waals surface area contributed by atoms with E-state index >= 15 is 0 Å². The number of carbonyl (C=O) groups is 2. The molecule has 0 aliphatic heterocycles. The van der Waals surface area contributed by atoms with Gasteiger partial charge >= 0.3 is 0 Å². The zero-order valence-electron chi connectivity index (χ0n) is 11.4. The molecular weight excluding hydrogens is 242 g/mol. The molecular formula is C15H20NO3-. The first-order valence-electron chi connectivity index (χ1n) is 6.62. The normalized spacial score (nSPS) is 11.9. The fourth-order valence-corrected chi connectivity index (χ4v) is 1.75. The van der Waals surface area contributed by atoms with E-state index in [1.807, 2.05) is 24.3 Å². The third-order valence-electron chi connectivity index (χ3n) is 3.16. The molecule has 0 aliphatic rings. The molecule has 1 N–H and O–H groups in total. The van der Waals surface area contributed by atoms with Crippen molar-refractivity contribution in [3.8, 4) is 0 Å². The Morgan fingerprint density at radius 1 is 1.21 bits per heavy atom. The number of aliphatic carboxylic acids is 1. The highest BCUT2D eigenvalue weighted by Gasteiger charge is 2.05. The predicted molar refractivity (Wildman–Crippen MR) is 72.6 cm³/mol. The van der Waals surface area contributed by atoms with Crippen molar-refractivity contribution in [3.05, 3.63) is 29.8 Å². The number of carbonyl (C=O) groups excluding carboxylic acids is 2. The lowest BCUT2D eigenvalue weighted by molar-refractivity contribution is -0.305. The van der Waals surface area contributed by atoms with Crippen molar-refractivity contribution in [1.29, 1.82) is 0 Å². The number of rotatable bonds is 7. The van der Waals surface area contributed by atoms with Crippen molar-refractivity contribution >= 4 is 17.6 Å². The molecule has 0 aliphatic carbocycles. The van der Waals surface area contributed by atoms with Gasteiger partial charge in [-0.25, -0.2) is 0 Å². The summed E-state index contributed by atoms with van der Waals surface area (Å²) in [6.45, 7) is 4.30. The minimum atomic E-state index is -1.12. The summed E-state index contributed by atoms with van der Waals surface area (Å²) < 4.78 is 0. The van der Waals surface area contributed by atoms with E-state index in [-0.39, 0.29) is 18.7 Å². The van der Waals surface area contributed by atoms with Crippen molar-refractivity contribution in [1.82, 2.24) is 0 Å². The molecule has 1 amide bonds. The number of anilines is 1. The Bertz CT molecular complexity index is 426. The lowest BCUT2D eigenvalue weighted by atomic mass is 9.99. The number of amides is 1. The van der Waals surface area contributed by atoms with Gasteiger partial charge in [0.15, 0.2) is 0 Å². The van der Waals surface area contributed by atoms with Crippen LogP contribution >= 0.6 is 0 Å². The summed E-state index contributed by atoms with van der Waals surface area (Å²) in [7, 11) is 0. The zero-order chi connectivity index (χ0) is 14.3. The Balaban J connectivity index is 2.44. The van der Waals surface area contributed by atoms with E-state index in [1.165, 1.54) is 5.56 Å². The van der Waals surface area contributed by atoms with Crippen molar-refractivity contribution in [2.75, 3.05) is 5.32 Å². The van der Waals surface area contributed by atoms with Crippen molar-refractivity contribution < 1.29 is 14.7 Å². The van der Waals surface area contributed by atoms with Crippen LogP contribution in [0.2, 0.25) is 0 Å². The lowest BCUT2D eigenvalue weighted by Gasteiger charge is -2.10. The summed E-state index contributed by atoms with van der Waals surface area (Å²) in [6, 6.07) is 7.76. The Morgan fingerprint density at radius 2 is 1.84 bits per heavy atom. The highest BCUT2D eigenvalue weighted by molar-refractivity contribution is 5.90. The van der Waals surface area contributed by atoms with Crippen LogP contribution in [-0.4, -0.2) is 11.9 Å². The summed E-state index contributed by atoms with van der Waals surface area (Å²) in [4.78, 5) is 21.8. The van der Waals surface area contributed by atoms with Gasteiger partial charge < -0.3 is 15.2 Å². The van der Waals surface area contributed by atoms with Crippen LogP contribution < -0.4 is 10.4 Å². The second-order valence-electron chi connectivity index (χ2n) is 4.71. The Labute approximate surface area is 113 Å². The number of carboxylic acids is 1. The second-order valence-corrected chi connectivity index (χ2v) is 4.71. The number of nitrogens with one attached hydrogen (secondary N) is 1. The quantitative estimate of drug-likeness (QED) is 0.817. The molecule has 0 saturated carbocycles. The van der Waals surface area contributed by atoms with Gasteiger partial charge in [0, 0.05) is 18.1 Å². The minimum absolute atomic E-state index is 0.0830. The van der Waals surface area contributed by atoms with Crippen LogP contribution in [0.4, 0.5) is 5.69 Å². The van der Waals surface area contributed by atoms with Crippen molar-refractivity contribution in [2.45, 2.75) is 45.4 Å². The summed E-state index contributed by atoms with van der Waals surface area (Å²) in [6.07, 6.45) is 1.50. The van der Waals surface area contributed by atoms with E-state index in [9.17, 15) is 14.7 Å².